The summed E-state index contributed by atoms with van der Waals surface area (Å²) < 4.78 is 1.50. The maximum atomic E-state index is 12.2. The van der Waals surface area contributed by atoms with Crippen LogP contribution in [0.1, 0.15) is 10.5 Å². The van der Waals surface area contributed by atoms with Crippen LogP contribution in [0.25, 0.3) is 5.82 Å². The molecule has 0 atom stereocenters. The number of thioether (sulfide) groups is 1. The van der Waals surface area contributed by atoms with E-state index in [-0.39, 0.29) is 5.91 Å². The maximum absolute atomic E-state index is 12.2. The molecule has 0 bridgehead atoms. The summed E-state index contributed by atoms with van der Waals surface area (Å²) in [6, 6.07) is 10.4. The van der Waals surface area contributed by atoms with Gasteiger partial charge in [0.25, 0.3) is 5.91 Å². The fraction of sp³-hybridized carbons (Fsp3) is 0.0667. The molecule has 0 radical (unpaired) electrons. The van der Waals surface area contributed by atoms with Crippen LogP contribution < -0.4 is 5.32 Å². The average molecular weight is 346 g/mol. The first kappa shape index (κ1) is 15.5. The summed E-state index contributed by atoms with van der Waals surface area (Å²) in [5.74, 6) is 0.573. The van der Waals surface area contributed by atoms with Gasteiger partial charge in [0.1, 0.15) is 5.69 Å². The maximum Gasteiger partial charge on any atom is 0.275 e. The van der Waals surface area contributed by atoms with Gasteiger partial charge < -0.3 is 5.32 Å². The van der Waals surface area contributed by atoms with Gasteiger partial charge in [-0.2, -0.15) is 0 Å². The lowest BCUT2D eigenvalue weighted by Gasteiger charge is -2.04. The third-order valence-electron chi connectivity index (χ3n) is 2.95. The first-order chi connectivity index (χ1) is 11.2. The average Bonchev–Trinajstić information content (AvgIpc) is 3.03. The van der Waals surface area contributed by atoms with Gasteiger partial charge in [0, 0.05) is 18.5 Å². The zero-order valence-corrected chi connectivity index (χ0v) is 13.7. The van der Waals surface area contributed by atoms with Crippen LogP contribution in [0.5, 0.6) is 0 Å². The number of hydrogen-bond donors (Lipinski definition) is 1. The van der Waals surface area contributed by atoms with Crippen molar-refractivity contribution in [2.45, 2.75) is 5.03 Å². The van der Waals surface area contributed by atoms with Crippen LogP contribution in [-0.2, 0) is 0 Å². The number of hydrogen-bond acceptors (Lipinski definition) is 5. The predicted molar refractivity (Wildman–Crippen MR) is 90.3 cm³/mol. The minimum Gasteiger partial charge on any atom is -0.304 e. The predicted octanol–water partition coefficient (Wildman–Crippen LogP) is 3.29. The summed E-state index contributed by atoms with van der Waals surface area (Å²) in [5.41, 5.74) is 0.335. The van der Waals surface area contributed by atoms with E-state index in [0.29, 0.717) is 22.4 Å². The topological polar surface area (TPSA) is 72.7 Å². The molecule has 116 valence electrons. The van der Waals surface area contributed by atoms with Crippen LogP contribution in [-0.4, -0.2) is 31.9 Å². The van der Waals surface area contributed by atoms with E-state index in [2.05, 4.69) is 20.4 Å². The third kappa shape index (κ3) is 3.52. The van der Waals surface area contributed by atoms with Gasteiger partial charge in [-0.3, -0.25) is 4.79 Å². The lowest BCUT2D eigenvalue weighted by molar-refractivity contribution is 0.102. The van der Waals surface area contributed by atoms with Crippen molar-refractivity contribution in [3.63, 3.8) is 0 Å². The van der Waals surface area contributed by atoms with Crippen molar-refractivity contribution >= 4 is 35.1 Å². The Morgan fingerprint density at radius 2 is 2.13 bits per heavy atom. The Hall–Kier alpha value is -2.38. The van der Waals surface area contributed by atoms with Gasteiger partial charge in [-0.15, -0.1) is 16.9 Å². The van der Waals surface area contributed by atoms with Crippen LogP contribution in [0.4, 0.5) is 5.82 Å². The Balaban J connectivity index is 1.79. The number of amides is 1. The molecular weight excluding hydrogens is 334 g/mol. The van der Waals surface area contributed by atoms with E-state index in [1.54, 1.807) is 42.7 Å². The molecule has 0 aliphatic rings. The Morgan fingerprint density at radius 3 is 2.91 bits per heavy atom. The third-order valence-corrected chi connectivity index (χ3v) is 3.89. The van der Waals surface area contributed by atoms with Gasteiger partial charge in [-0.1, -0.05) is 17.7 Å². The second-order valence-corrected chi connectivity index (χ2v) is 5.71. The first-order valence-corrected chi connectivity index (χ1v) is 8.26. The van der Waals surface area contributed by atoms with E-state index in [9.17, 15) is 4.79 Å². The molecule has 0 saturated heterocycles. The molecule has 23 heavy (non-hydrogen) atoms. The lowest BCUT2D eigenvalue weighted by Crippen LogP contribution is -2.14. The number of anilines is 1. The summed E-state index contributed by atoms with van der Waals surface area (Å²) in [6.07, 6.45) is 5.21. The van der Waals surface area contributed by atoms with Gasteiger partial charge in [0.2, 0.25) is 0 Å². The lowest BCUT2D eigenvalue weighted by atomic mass is 10.3. The monoisotopic (exact) mass is 345 g/mol. The highest BCUT2D eigenvalue weighted by molar-refractivity contribution is 7.98. The quantitative estimate of drug-likeness (QED) is 0.734. The van der Waals surface area contributed by atoms with Crippen molar-refractivity contribution in [3.8, 4) is 5.82 Å². The summed E-state index contributed by atoms with van der Waals surface area (Å²) in [7, 11) is 0. The molecule has 8 heteroatoms. The fourth-order valence-electron chi connectivity index (χ4n) is 1.89. The van der Waals surface area contributed by atoms with Crippen LogP contribution in [0, 0.1) is 0 Å². The van der Waals surface area contributed by atoms with E-state index in [4.69, 9.17) is 11.6 Å². The van der Waals surface area contributed by atoms with Gasteiger partial charge in [0.05, 0.1) is 10.0 Å². The number of nitrogens with zero attached hydrogens (tertiary/aromatic N) is 4. The summed E-state index contributed by atoms with van der Waals surface area (Å²) in [5, 5.41) is 8.22. The standard InChI is InChI=1S/C15H12ClN5OS/c1-23-13-6-2-5-11(18-13)15(22)19-12-7-9-21(20-12)14-10(16)4-3-8-17-14/h2-9H,1H3,(H,19,20,22). The van der Waals surface area contributed by atoms with E-state index < -0.39 is 0 Å². The van der Waals surface area contributed by atoms with E-state index in [0.717, 1.165) is 5.03 Å². The minimum atomic E-state index is -0.321. The molecule has 3 aromatic heterocycles. The van der Waals surface area contributed by atoms with Gasteiger partial charge in [-0.25, -0.2) is 14.6 Å². The molecule has 0 aliphatic heterocycles. The molecule has 3 heterocycles. The Bertz CT molecular complexity index is 851. The Morgan fingerprint density at radius 1 is 1.26 bits per heavy atom. The van der Waals surface area contributed by atoms with Crippen molar-refractivity contribution in [3.05, 3.63) is 59.5 Å². The summed E-state index contributed by atoms with van der Waals surface area (Å²) in [4.78, 5) is 20.6. The minimum absolute atomic E-state index is 0.321. The molecule has 0 saturated carbocycles. The molecule has 0 aromatic carbocycles. The van der Waals surface area contributed by atoms with Gasteiger partial charge in [-0.05, 0) is 30.5 Å². The number of carbonyl (C=O) groups excluding carboxylic acids is 1. The second-order valence-electron chi connectivity index (χ2n) is 4.47. The molecular formula is C15H12ClN5OS. The summed E-state index contributed by atoms with van der Waals surface area (Å²) in [6.45, 7) is 0. The second kappa shape index (κ2) is 6.80. The number of aromatic nitrogens is 4. The largest absolute Gasteiger partial charge is 0.304 e. The van der Waals surface area contributed by atoms with Crippen molar-refractivity contribution in [1.82, 2.24) is 19.7 Å². The van der Waals surface area contributed by atoms with E-state index in [1.807, 2.05) is 12.3 Å². The van der Waals surface area contributed by atoms with Crippen LogP contribution >= 0.6 is 23.4 Å². The highest BCUT2D eigenvalue weighted by Gasteiger charge is 2.11. The molecule has 3 rings (SSSR count). The normalized spacial score (nSPS) is 10.5. The SMILES string of the molecule is CSc1cccc(C(=O)Nc2ccn(-c3ncccc3Cl)n2)n1. The van der Waals surface area contributed by atoms with Gasteiger partial charge >= 0.3 is 0 Å². The molecule has 6 nitrogen and oxygen atoms in total. The van der Waals surface area contributed by atoms with Crippen molar-refractivity contribution in [2.75, 3.05) is 11.6 Å². The molecule has 0 spiro atoms. The smallest absolute Gasteiger partial charge is 0.275 e. The molecule has 0 aliphatic carbocycles. The molecule has 3 aromatic rings. The zero-order chi connectivity index (χ0) is 16.2. The number of carbonyl (C=O) groups is 1. The van der Waals surface area contributed by atoms with Crippen LogP contribution in [0.2, 0.25) is 5.02 Å². The van der Waals surface area contributed by atoms with E-state index in [1.165, 1.54) is 16.4 Å². The number of nitrogens with one attached hydrogen (secondary N) is 1. The van der Waals surface area contributed by atoms with Crippen molar-refractivity contribution < 1.29 is 4.79 Å². The molecule has 1 N–H and O–H groups in total. The van der Waals surface area contributed by atoms with Crippen molar-refractivity contribution in [2.24, 2.45) is 0 Å². The number of halogens is 1. The highest BCUT2D eigenvalue weighted by Crippen LogP contribution is 2.18. The number of rotatable bonds is 4. The van der Waals surface area contributed by atoms with Crippen LogP contribution in [0.15, 0.2) is 53.8 Å². The van der Waals surface area contributed by atoms with Crippen molar-refractivity contribution in [1.29, 1.82) is 0 Å². The fourth-order valence-corrected chi connectivity index (χ4v) is 2.50. The molecule has 1 amide bonds. The summed E-state index contributed by atoms with van der Waals surface area (Å²) >= 11 is 7.56. The Kier molecular flexibility index (Phi) is 4.59. The first-order valence-electron chi connectivity index (χ1n) is 6.66. The van der Waals surface area contributed by atoms with Gasteiger partial charge in [0.15, 0.2) is 11.6 Å². The number of pyridine rings is 2. The van der Waals surface area contributed by atoms with E-state index >= 15 is 0 Å². The molecule has 0 unspecified atom stereocenters. The van der Waals surface area contributed by atoms with Crippen LogP contribution in [0.3, 0.4) is 0 Å². The molecule has 0 fully saturated rings. The zero-order valence-electron chi connectivity index (χ0n) is 12.1. The Labute approximate surface area is 141 Å². The highest BCUT2D eigenvalue weighted by atomic mass is 35.5.